The Balaban J connectivity index is 2.64. The summed E-state index contributed by atoms with van der Waals surface area (Å²) in [6.45, 7) is 1.55. The molecule has 0 aliphatic rings. The molecule has 0 aromatic carbocycles. The van der Waals surface area contributed by atoms with Crippen LogP contribution in [-0.4, -0.2) is 29.2 Å². The van der Waals surface area contributed by atoms with Crippen molar-refractivity contribution >= 4 is 11.8 Å². The molecule has 1 atom stereocenters. The zero-order valence-corrected chi connectivity index (χ0v) is 8.02. The monoisotopic (exact) mass is 196 g/mol. The normalized spacial score (nSPS) is 11.9. The highest BCUT2D eigenvalue weighted by Crippen LogP contribution is 2.11. The average molecular weight is 196 g/mol. The van der Waals surface area contributed by atoms with Crippen LogP contribution >= 0.6 is 0 Å². The molecule has 1 aromatic heterocycles. The van der Waals surface area contributed by atoms with Gasteiger partial charge in [0, 0.05) is 0 Å². The molecule has 1 aromatic rings. The van der Waals surface area contributed by atoms with E-state index in [2.05, 4.69) is 10.3 Å². The zero-order chi connectivity index (χ0) is 10.6. The van der Waals surface area contributed by atoms with Crippen LogP contribution in [0.25, 0.3) is 0 Å². The van der Waals surface area contributed by atoms with Crippen LogP contribution in [0.15, 0.2) is 18.3 Å². The third-order valence-electron chi connectivity index (χ3n) is 1.71. The largest absolute Gasteiger partial charge is 0.495 e. The molecule has 0 aliphatic heterocycles. The van der Waals surface area contributed by atoms with E-state index in [4.69, 9.17) is 9.84 Å². The maximum atomic E-state index is 10.5. The van der Waals surface area contributed by atoms with Crippen molar-refractivity contribution in [1.82, 2.24) is 4.98 Å². The Morgan fingerprint density at radius 1 is 1.64 bits per heavy atom. The van der Waals surface area contributed by atoms with E-state index in [-0.39, 0.29) is 0 Å². The van der Waals surface area contributed by atoms with Crippen LogP contribution in [0, 0.1) is 0 Å². The number of hydrogen-bond acceptors (Lipinski definition) is 4. The number of carboxylic acid groups (broad SMARTS) is 1. The minimum atomic E-state index is -0.914. The molecule has 5 nitrogen and oxygen atoms in total. The number of aromatic nitrogens is 1. The number of aliphatic carboxylic acids is 1. The lowest BCUT2D eigenvalue weighted by molar-refractivity contribution is -0.137. The summed E-state index contributed by atoms with van der Waals surface area (Å²) in [5.74, 6) is 0.238. The van der Waals surface area contributed by atoms with E-state index < -0.39 is 12.0 Å². The first-order valence-electron chi connectivity index (χ1n) is 4.13. The Bertz CT molecular complexity index is 310. The Morgan fingerprint density at radius 3 is 2.79 bits per heavy atom. The van der Waals surface area contributed by atoms with E-state index in [1.165, 1.54) is 6.20 Å². The van der Waals surface area contributed by atoms with Crippen molar-refractivity contribution < 1.29 is 14.6 Å². The topological polar surface area (TPSA) is 71.5 Å². The number of ether oxygens (including phenoxy) is 1. The van der Waals surface area contributed by atoms with Gasteiger partial charge in [-0.3, -0.25) is 4.79 Å². The van der Waals surface area contributed by atoms with Crippen molar-refractivity contribution in [2.75, 3.05) is 12.4 Å². The van der Waals surface area contributed by atoms with Crippen molar-refractivity contribution in [1.29, 1.82) is 0 Å². The van der Waals surface area contributed by atoms with Crippen molar-refractivity contribution in [3.63, 3.8) is 0 Å². The fraction of sp³-hybridized carbons (Fsp3) is 0.333. The molecule has 76 valence electrons. The molecule has 0 bridgehead atoms. The number of nitrogens with one attached hydrogen (secondary N) is 1. The van der Waals surface area contributed by atoms with E-state index >= 15 is 0 Å². The van der Waals surface area contributed by atoms with Gasteiger partial charge in [0.05, 0.1) is 13.3 Å². The van der Waals surface area contributed by atoms with Gasteiger partial charge in [-0.1, -0.05) is 0 Å². The molecule has 0 saturated carbocycles. The number of carboxylic acids is 1. The maximum absolute atomic E-state index is 10.5. The zero-order valence-electron chi connectivity index (χ0n) is 8.02. The van der Waals surface area contributed by atoms with E-state index in [9.17, 15) is 4.79 Å². The van der Waals surface area contributed by atoms with E-state index in [1.54, 1.807) is 26.2 Å². The van der Waals surface area contributed by atoms with Gasteiger partial charge in [0.2, 0.25) is 0 Å². The fourth-order valence-electron chi connectivity index (χ4n) is 0.870. The molecule has 1 unspecified atom stereocenters. The third kappa shape index (κ3) is 2.62. The van der Waals surface area contributed by atoms with Crippen LogP contribution in [0.2, 0.25) is 0 Å². The lowest BCUT2D eigenvalue weighted by atomic mass is 10.3. The fourth-order valence-corrected chi connectivity index (χ4v) is 0.870. The van der Waals surface area contributed by atoms with Crippen LogP contribution in [0.4, 0.5) is 5.82 Å². The van der Waals surface area contributed by atoms with Gasteiger partial charge < -0.3 is 15.2 Å². The highest BCUT2D eigenvalue weighted by molar-refractivity contribution is 5.76. The molecule has 1 heterocycles. The lowest BCUT2D eigenvalue weighted by Crippen LogP contribution is -2.25. The molecule has 2 N–H and O–H groups in total. The van der Waals surface area contributed by atoms with Gasteiger partial charge in [0.25, 0.3) is 0 Å². The van der Waals surface area contributed by atoms with Crippen molar-refractivity contribution in [2.45, 2.75) is 13.0 Å². The van der Waals surface area contributed by atoms with Gasteiger partial charge in [-0.15, -0.1) is 0 Å². The van der Waals surface area contributed by atoms with E-state index in [0.29, 0.717) is 11.6 Å². The van der Waals surface area contributed by atoms with Crippen LogP contribution in [-0.2, 0) is 4.79 Å². The number of carbonyl (C=O) groups is 1. The van der Waals surface area contributed by atoms with Gasteiger partial charge in [0.1, 0.15) is 17.6 Å². The van der Waals surface area contributed by atoms with Crippen LogP contribution in [0.3, 0.4) is 0 Å². The molecule has 0 saturated heterocycles. The van der Waals surface area contributed by atoms with Gasteiger partial charge in [-0.05, 0) is 19.1 Å². The van der Waals surface area contributed by atoms with Gasteiger partial charge in [-0.2, -0.15) is 0 Å². The number of pyridine rings is 1. The number of rotatable bonds is 4. The summed E-state index contributed by atoms with van der Waals surface area (Å²) >= 11 is 0. The highest BCUT2D eigenvalue weighted by atomic mass is 16.5. The Labute approximate surface area is 81.7 Å². The first-order valence-corrected chi connectivity index (χ1v) is 4.13. The summed E-state index contributed by atoms with van der Waals surface area (Å²) in [5, 5.41) is 11.4. The van der Waals surface area contributed by atoms with Crippen LogP contribution in [0.1, 0.15) is 6.92 Å². The third-order valence-corrected chi connectivity index (χ3v) is 1.71. The predicted molar refractivity (Wildman–Crippen MR) is 51.5 cm³/mol. The van der Waals surface area contributed by atoms with Crippen LogP contribution < -0.4 is 10.1 Å². The first kappa shape index (κ1) is 10.3. The molecule has 0 spiro atoms. The summed E-state index contributed by atoms with van der Waals surface area (Å²) in [4.78, 5) is 14.5. The maximum Gasteiger partial charge on any atom is 0.325 e. The van der Waals surface area contributed by atoms with Gasteiger partial charge in [-0.25, -0.2) is 4.98 Å². The Kier molecular flexibility index (Phi) is 3.28. The first-order chi connectivity index (χ1) is 6.63. The van der Waals surface area contributed by atoms with E-state index in [1.807, 2.05) is 0 Å². The van der Waals surface area contributed by atoms with Crippen molar-refractivity contribution in [3.05, 3.63) is 18.3 Å². The minimum Gasteiger partial charge on any atom is -0.495 e. The number of methoxy groups -OCH3 is 1. The summed E-state index contributed by atoms with van der Waals surface area (Å²) in [6.07, 6.45) is 1.52. The van der Waals surface area contributed by atoms with Crippen molar-refractivity contribution in [2.24, 2.45) is 0 Å². The molecule has 0 aliphatic carbocycles. The molecular formula is C9H12N2O3. The number of nitrogens with zero attached hydrogens (tertiary/aromatic N) is 1. The molecule has 1 rings (SSSR count). The lowest BCUT2D eigenvalue weighted by Gasteiger charge is -2.09. The molecule has 0 radical (unpaired) electrons. The van der Waals surface area contributed by atoms with Crippen LogP contribution in [0.5, 0.6) is 5.75 Å². The van der Waals surface area contributed by atoms with Crippen molar-refractivity contribution in [3.8, 4) is 5.75 Å². The van der Waals surface area contributed by atoms with E-state index in [0.717, 1.165) is 0 Å². The second-order valence-electron chi connectivity index (χ2n) is 2.79. The Hall–Kier alpha value is -1.78. The smallest absolute Gasteiger partial charge is 0.325 e. The summed E-state index contributed by atoms with van der Waals surface area (Å²) in [5.41, 5.74) is 0. The molecule has 0 fully saturated rings. The minimum absolute atomic E-state index is 0.515. The summed E-state index contributed by atoms with van der Waals surface area (Å²) in [7, 11) is 1.55. The highest BCUT2D eigenvalue weighted by Gasteiger charge is 2.10. The standard InChI is InChI=1S/C9H12N2O3/c1-6(9(12)13)11-8-4-3-7(14-2)5-10-8/h3-6H,1-2H3,(H,10,11)(H,12,13). The quantitative estimate of drug-likeness (QED) is 0.750. The molecule has 14 heavy (non-hydrogen) atoms. The Morgan fingerprint density at radius 2 is 2.36 bits per heavy atom. The second kappa shape index (κ2) is 4.45. The number of hydrogen-bond donors (Lipinski definition) is 2. The van der Waals surface area contributed by atoms with Gasteiger partial charge >= 0.3 is 5.97 Å². The summed E-state index contributed by atoms with van der Waals surface area (Å²) in [6, 6.07) is 2.72. The molecular weight excluding hydrogens is 184 g/mol. The van der Waals surface area contributed by atoms with Gasteiger partial charge in [0.15, 0.2) is 0 Å². The predicted octanol–water partition coefficient (Wildman–Crippen LogP) is 0.975. The second-order valence-corrected chi connectivity index (χ2v) is 2.79. The summed E-state index contributed by atoms with van der Waals surface area (Å²) < 4.78 is 4.92. The SMILES string of the molecule is COc1ccc(NC(C)C(=O)O)nc1. The molecule has 5 heteroatoms. The molecule has 0 amide bonds. The average Bonchev–Trinajstić information content (AvgIpc) is 2.19. The number of anilines is 1.